The first kappa shape index (κ1) is 57.4. The zero-order chi connectivity index (χ0) is 43.3. The maximum atomic E-state index is 12.8. The average molecular weight is 835 g/mol. The number of carbonyl (C=O) groups is 3. The molecule has 6 nitrogen and oxygen atoms in total. The Kier molecular flexibility index (Phi) is 44.7. The highest BCUT2D eigenvalue weighted by atomic mass is 16.6. The quantitative estimate of drug-likeness (QED) is 0.0345. The third-order valence-corrected chi connectivity index (χ3v) is 12.0. The van der Waals surface area contributed by atoms with E-state index in [9.17, 15) is 14.4 Å². The van der Waals surface area contributed by atoms with Crippen molar-refractivity contribution in [3.8, 4) is 0 Å². The van der Waals surface area contributed by atoms with Gasteiger partial charge in [0.25, 0.3) is 0 Å². The van der Waals surface area contributed by atoms with Gasteiger partial charge < -0.3 is 14.2 Å². The van der Waals surface area contributed by atoms with Crippen LogP contribution in [-0.4, -0.2) is 37.2 Å². The molecule has 59 heavy (non-hydrogen) atoms. The summed E-state index contributed by atoms with van der Waals surface area (Å²) >= 11 is 0. The van der Waals surface area contributed by atoms with Crippen molar-refractivity contribution in [2.75, 3.05) is 13.2 Å². The molecule has 0 aliphatic carbocycles. The summed E-state index contributed by atoms with van der Waals surface area (Å²) in [6.07, 6.45) is 46.7. The lowest BCUT2D eigenvalue weighted by molar-refractivity contribution is -0.167. The molecule has 0 spiro atoms. The lowest BCUT2D eigenvalue weighted by Gasteiger charge is -2.18. The number of unbranched alkanes of at least 4 members (excludes halogenated alkanes) is 32. The highest BCUT2D eigenvalue weighted by Crippen LogP contribution is 2.17. The second kappa shape index (κ2) is 45.9. The van der Waals surface area contributed by atoms with Crippen molar-refractivity contribution in [1.82, 2.24) is 0 Å². The van der Waals surface area contributed by atoms with Crippen molar-refractivity contribution in [2.24, 2.45) is 11.8 Å². The lowest BCUT2D eigenvalue weighted by Crippen LogP contribution is -2.30. The molecule has 1 atom stereocenters. The van der Waals surface area contributed by atoms with Gasteiger partial charge in [-0.25, -0.2) is 0 Å². The number of hydrogen-bond acceptors (Lipinski definition) is 6. The third-order valence-electron chi connectivity index (χ3n) is 12.0. The Morgan fingerprint density at radius 3 is 0.831 bits per heavy atom. The molecule has 0 saturated heterocycles. The number of esters is 3. The summed E-state index contributed by atoms with van der Waals surface area (Å²) < 4.78 is 16.8. The summed E-state index contributed by atoms with van der Waals surface area (Å²) in [6, 6.07) is 0. The van der Waals surface area contributed by atoms with Gasteiger partial charge in [-0.2, -0.15) is 0 Å². The molecule has 350 valence electrons. The molecule has 0 N–H and O–H groups in total. The van der Waals surface area contributed by atoms with E-state index in [2.05, 4.69) is 34.6 Å². The molecule has 0 aromatic heterocycles. The Morgan fingerprint density at radius 2 is 0.559 bits per heavy atom. The van der Waals surface area contributed by atoms with E-state index in [4.69, 9.17) is 14.2 Å². The molecule has 0 aromatic rings. The minimum Gasteiger partial charge on any atom is -0.462 e. The molecule has 0 radical (unpaired) electrons. The van der Waals surface area contributed by atoms with Crippen molar-refractivity contribution >= 4 is 17.9 Å². The molecule has 0 aliphatic heterocycles. The standard InChI is InChI=1S/C53H102O6/c1-6-7-8-9-10-11-12-13-14-19-22-25-28-35-40-45-53(56)59-50(47-58-52(55)44-39-34-30-29-32-37-42-49(4)5)46-57-51(54)43-38-33-27-24-21-18-16-15-17-20-23-26-31-36-41-48(2)3/h48-50H,6-47H2,1-5H3/t50-/m0/s1. The Morgan fingerprint density at radius 1 is 0.322 bits per heavy atom. The second-order valence-electron chi connectivity index (χ2n) is 19.1. The van der Waals surface area contributed by atoms with Crippen LogP contribution < -0.4 is 0 Å². The Labute approximate surface area is 368 Å². The van der Waals surface area contributed by atoms with E-state index in [1.54, 1.807) is 0 Å². The predicted molar refractivity (Wildman–Crippen MR) is 252 cm³/mol. The summed E-state index contributed by atoms with van der Waals surface area (Å²) in [5.74, 6) is 0.757. The SMILES string of the molecule is CCCCCCCCCCCCCCCCCC(=O)O[C@@H](COC(=O)CCCCCCCCCCCCCCCCC(C)C)COC(=O)CCCCCCCCC(C)C. The van der Waals surface area contributed by atoms with Crippen molar-refractivity contribution in [1.29, 1.82) is 0 Å². The van der Waals surface area contributed by atoms with E-state index in [-0.39, 0.29) is 31.1 Å². The molecule has 0 amide bonds. The normalized spacial score (nSPS) is 12.1. The minimum atomic E-state index is -0.762. The molecule has 0 unspecified atom stereocenters. The van der Waals surface area contributed by atoms with Gasteiger partial charge in [0.2, 0.25) is 0 Å². The van der Waals surface area contributed by atoms with Crippen LogP contribution in [0.15, 0.2) is 0 Å². The maximum absolute atomic E-state index is 12.8. The van der Waals surface area contributed by atoms with Crippen molar-refractivity contribution in [3.63, 3.8) is 0 Å². The van der Waals surface area contributed by atoms with E-state index < -0.39 is 6.10 Å². The van der Waals surface area contributed by atoms with Crippen LogP contribution in [0.25, 0.3) is 0 Å². The van der Waals surface area contributed by atoms with Gasteiger partial charge in [-0.05, 0) is 31.1 Å². The zero-order valence-electron chi connectivity index (χ0n) is 40.4. The van der Waals surface area contributed by atoms with Crippen molar-refractivity contribution in [3.05, 3.63) is 0 Å². The number of rotatable bonds is 47. The van der Waals surface area contributed by atoms with E-state index in [0.29, 0.717) is 19.3 Å². The van der Waals surface area contributed by atoms with Crippen molar-refractivity contribution in [2.45, 2.75) is 298 Å². The Bertz CT molecular complexity index is 900. The van der Waals surface area contributed by atoms with Gasteiger partial charge in [-0.15, -0.1) is 0 Å². The van der Waals surface area contributed by atoms with Crippen LogP contribution in [0, 0.1) is 11.8 Å². The lowest BCUT2D eigenvalue weighted by atomic mass is 10.0. The van der Waals surface area contributed by atoms with Gasteiger partial charge in [0.05, 0.1) is 0 Å². The van der Waals surface area contributed by atoms with Gasteiger partial charge in [-0.1, -0.05) is 253 Å². The van der Waals surface area contributed by atoms with Gasteiger partial charge >= 0.3 is 17.9 Å². The van der Waals surface area contributed by atoms with Gasteiger partial charge in [-0.3, -0.25) is 14.4 Å². The van der Waals surface area contributed by atoms with Crippen LogP contribution in [0.2, 0.25) is 0 Å². The molecule has 0 fully saturated rings. The highest BCUT2D eigenvalue weighted by molar-refractivity contribution is 5.71. The summed E-state index contributed by atoms with van der Waals surface area (Å²) in [5.41, 5.74) is 0. The van der Waals surface area contributed by atoms with Crippen LogP contribution >= 0.6 is 0 Å². The summed E-state index contributed by atoms with van der Waals surface area (Å²) in [4.78, 5) is 37.9. The zero-order valence-corrected chi connectivity index (χ0v) is 40.4. The van der Waals surface area contributed by atoms with Gasteiger partial charge in [0.1, 0.15) is 13.2 Å². The van der Waals surface area contributed by atoms with Crippen LogP contribution in [0.3, 0.4) is 0 Å². The first-order valence-corrected chi connectivity index (χ1v) is 26.2. The molecular weight excluding hydrogens is 733 g/mol. The van der Waals surface area contributed by atoms with Crippen LogP contribution in [0.1, 0.15) is 291 Å². The number of hydrogen-bond donors (Lipinski definition) is 0. The van der Waals surface area contributed by atoms with E-state index in [1.165, 1.54) is 180 Å². The largest absolute Gasteiger partial charge is 0.462 e. The first-order valence-electron chi connectivity index (χ1n) is 26.2. The molecular formula is C53H102O6. The first-order chi connectivity index (χ1) is 28.7. The molecule has 0 saturated carbocycles. The van der Waals surface area contributed by atoms with Crippen LogP contribution in [0.5, 0.6) is 0 Å². The van der Waals surface area contributed by atoms with Crippen LogP contribution in [0.4, 0.5) is 0 Å². The highest BCUT2D eigenvalue weighted by Gasteiger charge is 2.19. The fourth-order valence-corrected chi connectivity index (χ4v) is 7.99. The fraction of sp³-hybridized carbons (Fsp3) is 0.943. The molecule has 0 heterocycles. The van der Waals surface area contributed by atoms with E-state index in [1.807, 2.05) is 0 Å². The summed E-state index contributed by atoms with van der Waals surface area (Å²) in [5, 5.41) is 0. The topological polar surface area (TPSA) is 78.9 Å². The van der Waals surface area contributed by atoms with Gasteiger partial charge in [0, 0.05) is 19.3 Å². The number of carbonyl (C=O) groups excluding carboxylic acids is 3. The van der Waals surface area contributed by atoms with Gasteiger partial charge in [0.15, 0.2) is 6.10 Å². The van der Waals surface area contributed by atoms with E-state index >= 15 is 0 Å². The summed E-state index contributed by atoms with van der Waals surface area (Å²) in [7, 11) is 0. The molecule has 0 aromatic carbocycles. The third kappa shape index (κ3) is 47.3. The average Bonchev–Trinajstić information content (AvgIpc) is 3.20. The summed E-state index contributed by atoms with van der Waals surface area (Å²) in [6.45, 7) is 11.3. The molecule has 0 bridgehead atoms. The van der Waals surface area contributed by atoms with Crippen LogP contribution in [-0.2, 0) is 28.6 Å². The molecule has 6 heteroatoms. The smallest absolute Gasteiger partial charge is 0.306 e. The monoisotopic (exact) mass is 835 g/mol. The van der Waals surface area contributed by atoms with E-state index in [0.717, 1.165) is 69.6 Å². The molecule has 0 aliphatic rings. The fourth-order valence-electron chi connectivity index (χ4n) is 7.99. The second-order valence-corrected chi connectivity index (χ2v) is 19.1. The minimum absolute atomic E-state index is 0.0643. The molecule has 0 rings (SSSR count). The predicted octanol–water partition coefficient (Wildman–Crippen LogP) is 16.9. The maximum Gasteiger partial charge on any atom is 0.306 e. The Balaban J connectivity index is 4.25. The Hall–Kier alpha value is -1.59. The number of ether oxygens (including phenoxy) is 3. The van der Waals surface area contributed by atoms with Crippen molar-refractivity contribution < 1.29 is 28.6 Å².